The smallest absolute Gasteiger partial charge is 0.259 e. The van der Waals surface area contributed by atoms with Crippen LogP contribution in [0.5, 0.6) is 0 Å². The number of anilines is 2. The summed E-state index contributed by atoms with van der Waals surface area (Å²) in [6.45, 7) is 4.18. The molecule has 0 saturated heterocycles. The van der Waals surface area contributed by atoms with E-state index in [2.05, 4.69) is 31.7 Å². The first-order valence-electron chi connectivity index (χ1n) is 8.76. The highest BCUT2D eigenvalue weighted by Crippen LogP contribution is 2.08. The molecular weight excluding hydrogens is 356 g/mol. The van der Waals surface area contributed by atoms with Crippen molar-refractivity contribution < 1.29 is 9.59 Å². The van der Waals surface area contributed by atoms with Crippen LogP contribution in [0.1, 0.15) is 11.1 Å². The summed E-state index contributed by atoms with van der Waals surface area (Å²) in [6, 6.07) is 15.4. The van der Waals surface area contributed by atoms with Crippen LogP contribution in [0, 0.1) is 13.8 Å². The zero-order chi connectivity index (χ0) is 20.2. The maximum atomic E-state index is 11.7. The quantitative estimate of drug-likeness (QED) is 0.394. The van der Waals surface area contributed by atoms with E-state index in [4.69, 9.17) is 0 Å². The van der Waals surface area contributed by atoms with Crippen LogP contribution in [0.25, 0.3) is 0 Å². The third kappa shape index (κ3) is 8.13. The van der Waals surface area contributed by atoms with Crippen LogP contribution >= 0.6 is 0 Å². The lowest BCUT2D eigenvalue weighted by Gasteiger charge is -2.05. The fraction of sp³-hybridized carbons (Fsp3) is 0.200. The largest absolute Gasteiger partial charge is 0.376 e. The minimum Gasteiger partial charge on any atom is -0.376 e. The fourth-order valence-corrected chi connectivity index (χ4v) is 2.07. The monoisotopic (exact) mass is 380 g/mol. The molecule has 28 heavy (non-hydrogen) atoms. The molecule has 8 nitrogen and oxygen atoms in total. The number of hydrazone groups is 2. The molecule has 0 atom stereocenters. The maximum Gasteiger partial charge on any atom is 0.259 e. The Bertz CT molecular complexity index is 757. The summed E-state index contributed by atoms with van der Waals surface area (Å²) in [5.41, 5.74) is 8.72. The number of aryl methyl sites for hydroxylation is 2. The van der Waals surface area contributed by atoms with E-state index >= 15 is 0 Å². The van der Waals surface area contributed by atoms with Gasteiger partial charge in [-0.3, -0.25) is 9.59 Å². The Kier molecular flexibility index (Phi) is 8.19. The molecule has 2 aromatic carbocycles. The molecule has 146 valence electrons. The van der Waals surface area contributed by atoms with Crippen LogP contribution in [0.4, 0.5) is 11.4 Å². The van der Waals surface area contributed by atoms with Gasteiger partial charge in [0, 0.05) is 11.4 Å². The topological polar surface area (TPSA) is 107 Å². The molecule has 2 rings (SSSR count). The average Bonchev–Trinajstić information content (AvgIpc) is 2.69. The number of hydrogen-bond acceptors (Lipinski definition) is 6. The lowest BCUT2D eigenvalue weighted by molar-refractivity contribution is -0.120. The molecule has 0 heterocycles. The Hall–Kier alpha value is -3.68. The van der Waals surface area contributed by atoms with Crippen LogP contribution in [0.3, 0.4) is 0 Å². The molecule has 2 amide bonds. The molecule has 0 radical (unpaired) electrons. The normalized spacial score (nSPS) is 10.8. The minimum atomic E-state index is -0.295. The zero-order valence-electron chi connectivity index (χ0n) is 15.9. The standard InChI is InChI=1S/C20H24N6O2/c1-15-3-7-17(8-4-15)21-13-19(27)25-23-11-12-24-26-20(28)14-22-18-9-5-16(2)6-10-18/h3-12,21-22H,13-14H2,1-2H3,(H,25,27)(H,26,28)/b23-11-,24-12-. The number of carbonyl (C=O) groups is 2. The summed E-state index contributed by atoms with van der Waals surface area (Å²) in [6.07, 6.45) is 2.55. The number of benzene rings is 2. The van der Waals surface area contributed by atoms with E-state index in [9.17, 15) is 9.59 Å². The first-order chi connectivity index (χ1) is 13.5. The van der Waals surface area contributed by atoms with Crippen molar-refractivity contribution in [3.8, 4) is 0 Å². The van der Waals surface area contributed by atoms with Crippen LogP contribution in [-0.2, 0) is 9.59 Å². The van der Waals surface area contributed by atoms with Gasteiger partial charge < -0.3 is 10.6 Å². The van der Waals surface area contributed by atoms with Gasteiger partial charge >= 0.3 is 0 Å². The lowest BCUT2D eigenvalue weighted by atomic mass is 10.2. The van der Waals surface area contributed by atoms with E-state index in [1.54, 1.807) is 0 Å². The van der Waals surface area contributed by atoms with Gasteiger partial charge in [0.2, 0.25) is 0 Å². The predicted octanol–water partition coefficient (Wildman–Crippen LogP) is 2.03. The van der Waals surface area contributed by atoms with E-state index in [1.807, 2.05) is 62.4 Å². The lowest BCUT2D eigenvalue weighted by Crippen LogP contribution is -2.26. The third-order valence-corrected chi connectivity index (χ3v) is 3.60. The van der Waals surface area contributed by atoms with Gasteiger partial charge in [0.05, 0.1) is 25.5 Å². The molecular formula is C20H24N6O2. The molecule has 8 heteroatoms. The summed E-state index contributed by atoms with van der Waals surface area (Å²) in [5.74, 6) is -0.590. The number of rotatable bonds is 9. The van der Waals surface area contributed by atoms with Crippen LogP contribution in [0.2, 0.25) is 0 Å². The maximum absolute atomic E-state index is 11.7. The van der Waals surface area contributed by atoms with E-state index in [0.717, 1.165) is 22.5 Å². The molecule has 0 aliphatic rings. The predicted molar refractivity (Wildman–Crippen MR) is 113 cm³/mol. The molecule has 0 fully saturated rings. The van der Waals surface area contributed by atoms with Gasteiger partial charge in [0.15, 0.2) is 0 Å². The SMILES string of the molecule is Cc1ccc(NCC(=O)N/N=C\C=N/NC(=O)CNc2ccc(C)cc2)cc1. The van der Waals surface area contributed by atoms with E-state index in [1.165, 1.54) is 12.4 Å². The molecule has 0 unspecified atom stereocenters. The highest BCUT2D eigenvalue weighted by atomic mass is 16.2. The molecule has 4 N–H and O–H groups in total. The van der Waals surface area contributed by atoms with Gasteiger partial charge in [-0.15, -0.1) is 0 Å². The summed E-state index contributed by atoms with van der Waals surface area (Å²) >= 11 is 0. The Morgan fingerprint density at radius 1 is 0.714 bits per heavy atom. The van der Waals surface area contributed by atoms with Crippen molar-refractivity contribution in [1.82, 2.24) is 10.9 Å². The Morgan fingerprint density at radius 3 is 1.43 bits per heavy atom. The fourth-order valence-electron chi connectivity index (χ4n) is 2.07. The number of hydrogen-bond donors (Lipinski definition) is 4. The molecule has 0 spiro atoms. The van der Waals surface area contributed by atoms with Crippen molar-refractivity contribution in [2.24, 2.45) is 10.2 Å². The van der Waals surface area contributed by atoms with Crippen molar-refractivity contribution in [1.29, 1.82) is 0 Å². The zero-order valence-corrected chi connectivity index (χ0v) is 15.9. The highest BCUT2D eigenvalue weighted by Gasteiger charge is 2.00. The van der Waals surface area contributed by atoms with E-state index in [0.29, 0.717) is 0 Å². The van der Waals surface area contributed by atoms with Crippen LogP contribution < -0.4 is 21.5 Å². The van der Waals surface area contributed by atoms with Gasteiger partial charge in [0.1, 0.15) is 0 Å². The molecule has 0 aromatic heterocycles. The van der Waals surface area contributed by atoms with Gasteiger partial charge in [-0.1, -0.05) is 35.4 Å². The Labute approximate surface area is 164 Å². The van der Waals surface area contributed by atoms with Crippen molar-refractivity contribution in [2.45, 2.75) is 13.8 Å². The number of carbonyl (C=O) groups excluding carboxylic acids is 2. The second-order valence-corrected chi connectivity index (χ2v) is 6.07. The van der Waals surface area contributed by atoms with E-state index < -0.39 is 0 Å². The van der Waals surface area contributed by atoms with Gasteiger partial charge in [-0.05, 0) is 38.1 Å². The van der Waals surface area contributed by atoms with E-state index in [-0.39, 0.29) is 24.9 Å². The first-order valence-corrected chi connectivity index (χ1v) is 8.76. The van der Waals surface area contributed by atoms with Gasteiger partial charge in [0.25, 0.3) is 11.8 Å². The highest BCUT2D eigenvalue weighted by molar-refractivity contribution is 6.16. The third-order valence-electron chi connectivity index (χ3n) is 3.60. The number of nitrogens with one attached hydrogen (secondary N) is 4. The second-order valence-electron chi connectivity index (χ2n) is 6.07. The summed E-state index contributed by atoms with van der Waals surface area (Å²) in [5, 5.41) is 13.4. The van der Waals surface area contributed by atoms with Crippen molar-refractivity contribution in [3.63, 3.8) is 0 Å². The second kappa shape index (κ2) is 11.1. The van der Waals surface area contributed by atoms with Crippen molar-refractivity contribution >= 4 is 35.6 Å². The average molecular weight is 380 g/mol. The molecule has 0 aliphatic carbocycles. The van der Waals surface area contributed by atoms with Crippen molar-refractivity contribution in [3.05, 3.63) is 59.7 Å². The summed E-state index contributed by atoms with van der Waals surface area (Å²) < 4.78 is 0. The Morgan fingerprint density at radius 2 is 1.07 bits per heavy atom. The van der Waals surface area contributed by atoms with Gasteiger partial charge in [-0.25, -0.2) is 10.9 Å². The van der Waals surface area contributed by atoms with Crippen LogP contribution in [-0.4, -0.2) is 37.3 Å². The number of amides is 2. The van der Waals surface area contributed by atoms with Crippen molar-refractivity contribution in [2.75, 3.05) is 23.7 Å². The molecule has 2 aromatic rings. The van der Waals surface area contributed by atoms with Gasteiger partial charge in [-0.2, -0.15) is 10.2 Å². The molecule has 0 bridgehead atoms. The minimum absolute atomic E-state index is 0.0962. The molecule has 0 aliphatic heterocycles. The first kappa shape index (κ1) is 20.6. The molecule has 0 saturated carbocycles. The Balaban J connectivity index is 1.59. The summed E-state index contributed by atoms with van der Waals surface area (Å²) in [4.78, 5) is 23.3. The van der Waals surface area contributed by atoms with Crippen LogP contribution in [0.15, 0.2) is 58.7 Å². The number of nitrogens with zero attached hydrogens (tertiary/aromatic N) is 2. The summed E-state index contributed by atoms with van der Waals surface area (Å²) in [7, 11) is 0.